The molecule has 0 bridgehead atoms. The van der Waals surface area contributed by atoms with Crippen molar-refractivity contribution in [3.63, 3.8) is 0 Å². The highest BCUT2D eigenvalue weighted by Gasteiger charge is 2.21. The largest absolute Gasteiger partial charge is 0.508 e. The van der Waals surface area contributed by atoms with Crippen molar-refractivity contribution in [3.05, 3.63) is 65.7 Å². The fraction of sp³-hybridized carbons (Fsp3) is 0.0667. The Morgan fingerprint density at radius 2 is 1.78 bits per heavy atom. The number of aromatic hydroxyl groups is 1. The normalized spacial score (nSPS) is 17.6. The molecule has 3 rings (SSSR count). The molecule has 1 atom stereocenters. The summed E-state index contributed by atoms with van der Waals surface area (Å²) in [6, 6.07) is 14.3. The molecular formula is C15H12O3. The average Bonchev–Trinajstić information content (AvgIpc) is 2.40. The van der Waals surface area contributed by atoms with Gasteiger partial charge in [-0.05, 0) is 24.3 Å². The molecule has 18 heavy (non-hydrogen) atoms. The lowest BCUT2D eigenvalue weighted by Gasteiger charge is -2.22. The van der Waals surface area contributed by atoms with Crippen LogP contribution in [0.2, 0.25) is 0 Å². The molecule has 0 saturated heterocycles. The summed E-state index contributed by atoms with van der Waals surface area (Å²) in [6.45, 7) is 0. The smallest absolute Gasteiger partial charge is 0.133 e. The first-order chi connectivity index (χ1) is 8.74. The number of hydrogen-bond acceptors (Lipinski definition) is 3. The summed E-state index contributed by atoms with van der Waals surface area (Å²) < 4.78 is 5.73. The Bertz CT molecular complexity index is 602. The van der Waals surface area contributed by atoms with Crippen molar-refractivity contribution in [1.82, 2.24) is 0 Å². The standard InChI is InChI=1S/C15H12O3/c16-11-6-7-14-12(8-11)13(17)9-15(18-14)10-4-2-1-3-5-10/h1-9,13,16-17H. The van der Waals surface area contributed by atoms with Crippen LogP contribution in [-0.2, 0) is 0 Å². The molecule has 2 N–H and O–H groups in total. The predicted octanol–water partition coefficient (Wildman–Crippen LogP) is 2.86. The summed E-state index contributed by atoms with van der Waals surface area (Å²) in [5.41, 5.74) is 1.49. The molecule has 1 heterocycles. The zero-order chi connectivity index (χ0) is 12.5. The number of phenols is 1. The number of phenolic OH excluding ortho intramolecular Hbond substituents is 1. The van der Waals surface area contributed by atoms with Crippen molar-refractivity contribution in [1.29, 1.82) is 0 Å². The second-order valence-electron chi connectivity index (χ2n) is 4.17. The molecule has 3 nitrogen and oxygen atoms in total. The first kappa shape index (κ1) is 10.9. The molecule has 2 aromatic carbocycles. The minimum Gasteiger partial charge on any atom is -0.508 e. The Kier molecular flexibility index (Phi) is 2.54. The molecule has 0 saturated carbocycles. The lowest BCUT2D eigenvalue weighted by Crippen LogP contribution is -2.08. The van der Waals surface area contributed by atoms with Gasteiger partial charge in [-0.15, -0.1) is 0 Å². The fourth-order valence-electron chi connectivity index (χ4n) is 2.00. The minimum absolute atomic E-state index is 0.118. The third kappa shape index (κ3) is 1.85. The van der Waals surface area contributed by atoms with E-state index in [-0.39, 0.29) is 5.75 Å². The summed E-state index contributed by atoms with van der Waals surface area (Å²) >= 11 is 0. The van der Waals surface area contributed by atoms with Gasteiger partial charge in [0.15, 0.2) is 0 Å². The summed E-state index contributed by atoms with van der Waals surface area (Å²) in [7, 11) is 0. The quantitative estimate of drug-likeness (QED) is 0.805. The Hall–Kier alpha value is -2.26. The van der Waals surface area contributed by atoms with E-state index in [0.717, 1.165) is 5.56 Å². The van der Waals surface area contributed by atoms with Gasteiger partial charge in [0.25, 0.3) is 0 Å². The van der Waals surface area contributed by atoms with E-state index in [0.29, 0.717) is 17.1 Å². The average molecular weight is 240 g/mol. The number of ether oxygens (including phenoxy) is 1. The molecule has 1 aliphatic rings. The van der Waals surface area contributed by atoms with Crippen LogP contribution in [0.5, 0.6) is 11.5 Å². The number of aliphatic hydroxyl groups excluding tert-OH is 1. The van der Waals surface area contributed by atoms with Gasteiger partial charge < -0.3 is 14.9 Å². The van der Waals surface area contributed by atoms with Gasteiger partial charge in [0.1, 0.15) is 23.4 Å². The lowest BCUT2D eigenvalue weighted by atomic mass is 10.0. The lowest BCUT2D eigenvalue weighted by molar-refractivity contribution is 0.216. The van der Waals surface area contributed by atoms with Gasteiger partial charge in [-0.1, -0.05) is 30.3 Å². The van der Waals surface area contributed by atoms with Crippen molar-refractivity contribution in [3.8, 4) is 11.5 Å². The third-order valence-electron chi connectivity index (χ3n) is 2.90. The van der Waals surface area contributed by atoms with Crippen LogP contribution in [0.3, 0.4) is 0 Å². The van der Waals surface area contributed by atoms with E-state index < -0.39 is 6.10 Å². The fourth-order valence-corrected chi connectivity index (χ4v) is 2.00. The first-order valence-electron chi connectivity index (χ1n) is 5.70. The molecule has 3 heteroatoms. The van der Waals surface area contributed by atoms with Crippen LogP contribution in [0.4, 0.5) is 0 Å². The van der Waals surface area contributed by atoms with Gasteiger partial charge in [-0.3, -0.25) is 0 Å². The maximum absolute atomic E-state index is 10.1. The highest BCUT2D eigenvalue weighted by molar-refractivity contribution is 5.66. The number of aliphatic hydroxyl groups is 1. The summed E-state index contributed by atoms with van der Waals surface area (Å²) in [4.78, 5) is 0. The summed E-state index contributed by atoms with van der Waals surface area (Å²) in [6.07, 6.45) is 0.868. The van der Waals surface area contributed by atoms with E-state index in [4.69, 9.17) is 4.74 Å². The van der Waals surface area contributed by atoms with E-state index in [9.17, 15) is 10.2 Å². The Labute approximate surface area is 105 Å². The van der Waals surface area contributed by atoms with Crippen molar-refractivity contribution in [2.45, 2.75) is 6.10 Å². The van der Waals surface area contributed by atoms with E-state index in [2.05, 4.69) is 0 Å². The van der Waals surface area contributed by atoms with Crippen molar-refractivity contribution < 1.29 is 14.9 Å². The van der Waals surface area contributed by atoms with Gasteiger partial charge in [0.05, 0.1) is 0 Å². The highest BCUT2D eigenvalue weighted by atomic mass is 16.5. The van der Waals surface area contributed by atoms with E-state index >= 15 is 0 Å². The van der Waals surface area contributed by atoms with Crippen LogP contribution in [0.25, 0.3) is 5.76 Å². The second kappa shape index (κ2) is 4.20. The molecular weight excluding hydrogens is 228 g/mol. The minimum atomic E-state index is -0.768. The monoisotopic (exact) mass is 240 g/mol. The predicted molar refractivity (Wildman–Crippen MR) is 68.1 cm³/mol. The highest BCUT2D eigenvalue weighted by Crippen LogP contribution is 2.37. The van der Waals surface area contributed by atoms with E-state index in [1.165, 1.54) is 6.07 Å². The van der Waals surface area contributed by atoms with Crippen molar-refractivity contribution >= 4 is 5.76 Å². The van der Waals surface area contributed by atoms with Crippen LogP contribution in [0, 0.1) is 0 Å². The molecule has 0 aliphatic carbocycles. The molecule has 0 amide bonds. The zero-order valence-electron chi connectivity index (χ0n) is 9.58. The summed E-state index contributed by atoms with van der Waals surface area (Å²) in [5, 5.41) is 19.5. The van der Waals surface area contributed by atoms with Gasteiger partial charge >= 0.3 is 0 Å². The maximum atomic E-state index is 10.1. The van der Waals surface area contributed by atoms with Gasteiger partial charge in [0, 0.05) is 11.1 Å². The van der Waals surface area contributed by atoms with E-state index in [1.54, 1.807) is 18.2 Å². The number of fused-ring (bicyclic) bond motifs is 1. The SMILES string of the molecule is Oc1ccc2c(c1)C(O)C=C(c1ccccc1)O2. The van der Waals surface area contributed by atoms with Gasteiger partial charge in [-0.25, -0.2) is 0 Å². The number of rotatable bonds is 1. The molecule has 1 unspecified atom stereocenters. The molecule has 1 aliphatic heterocycles. The Balaban J connectivity index is 2.02. The van der Waals surface area contributed by atoms with Crippen LogP contribution >= 0.6 is 0 Å². The van der Waals surface area contributed by atoms with Crippen LogP contribution in [0.15, 0.2) is 54.6 Å². The molecule has 0 fully saturated rings. The van der Waals surface area contributed by atoms with Crippen molar-refractivity contribution in [2.24, 2.45) is 0 Å². The zero-order valence-corrected chi connectivity index (χ0v) is 9.58. The molecule has 2 aromatic rings. The maximum Gasteiger partial charge on any atom is 0.133 e. The topological polar surface area (TPSA) is 49.7 Å². The third-order valence-corrected chi connectivity index (χ3v) is 2.90. The Morgan fingerprint density at radius 3 is 2.56 bits per heavy atom. The van der Waals surface area contributed by atoms with Crippen LogP contribution in [-0.4, -0.2) is 10.2 Å². The Morgan fingerprint density at radius 1 is 1.00 bits per heavy atom. The number of benzene rings is 2. The van der Waals surface area contributed by atoms with Crippen LogP contribution in [0.1, 0.15) is 17.2 Å². The van der Waals surface area contributed by atoms with Gasteiger partial charge in [0.2, 0.25) is 0 Å². The second-order valence-corrected chi connectivity index (χ2v) is 4.17. The summed E-state index contributed by atoms with van der Waals surface area (Å²) in [5.74, 6) is 1.32. The molecule has 90 valence electrons. The first-order valence-corrected chi connectivity index (χ1v) is 5.70. The van der Waals surface area contributed by atoms with Crippen LogP contribution < -0.4 is 4.74 Å². The molecule has 0 radical (unpaired) electrons. The molecule has 0 spiro atoms. The van der Waals surface area contributed by atoms with Crippen molar-refractivity contribution in [2.75, 3.05) is 0 Å². The van der Waals surface area contributed by atoms with E-state index in [1.807, 2.05) is 30.3 Å². The van der Waals surface area contributed by atoms with Gasteiger partial charge in [-0.2, -0.15) is 0 Å². The molecule has 0 aromatic heterocycles. The number of hydrogen-bond donors (Lipinski definition) is 2.